The molecule has 8 heteroatoms. The van der Waals surface area contributed by atoms with Crippen LogP contribution in [0.4, 0.5) is 5.69 Å². The van der Waals surface area contributed by atoms with Crippen molar-refractivity contribution in [1.82, 2.24) is 5.32 Å². The van der Waals surface area contributed by atoms with Crippen molar-refractivity contribution in [2.45, 2.75) is 37.8 Å². The molecule has 1 aromatic rings. The SMILES string of the molecule is CSc1ccc(C(=O)O[C@H](C)C(=O)NC(C)C)cc1[N+](=O)[O-]. The van der Waals surface area contributed by atoms with E-state index in [-0.39, 0.29) is 17.3 Å². The summed E-state index contributed by atoms with van der Waals surface area (Å²) < 4.78 is 5.03. The smallest absolute Gasteiger partial charge is 0.339 e. The van der Waals surface area contributed by atoms with Crippen LogP contribution in [-0.4, -0.2) is 35.2 Å². The first kappa shape index (κ1) is 18.0. The van der Waals surface area contributed by atoms with Gasteiger partial charge in [-0.1, -0.05) is 0 Å². The molecule has 0 bridgehead atoms. The Hall–Kier alpha value is -2.09. The molecule has 0 aliphatic heterocycles. The van der Waals surface area contributed by atoms with Gasteiger partial charge < -0.3 is 10.1 Å². The summed E-state index contributed by atoms with van der Waals surface area (Å²) in [6.45, 7) is 5.02. The third-order valence-corrected chi connectivity index (χ3v) is 3.48. The fourth-order valence-electron chi connectivity index (χ4n) is 1.64. The Balaban J connectivity index is 2.88. The summed E-state index contributed by atoms with van der Waals surface area (Å²) in [6, 6.07) is 4.00. The van der Waals surface area contributed by atoms with Gasteiger partial charge in [0.25, 0.3) is 11.6 Å². The van der Waals surface area contributed by atoms with Gasteiger partial charge in [-0.3, -0.25) is 14.9 Å². The van der Waals surface area contributed by atoms with Crippen molar-refractivity contribution >= 4 is 29.3 Å². The molecule has 0 saturated heterocycles. The summed E-state index contributed by atoms with van der Waals surface area (Å²) >= 11 is 1.21. The van der Waals surface area contributed by atoms with Crippen LogP contribution in [0.25, 0.3) is 0 Å². The molecule has 1 N–H and O–H groups in total. The van der Waals surface area contributed by atoms with E-state index < -0.39 is 22.9 Å². The third-order valence-electron chi connectivity index (χ3n) is 2.70. The van der Waals surface area contributed by atoms with Gasteiger partial charge in [-0.05, 0) is 39.2 Å². The molecule has 0 spiro atoms. The van der Waals surface area contributed by atoms with Crippen molar-refractivity contribution in [3.8, 4) is 0 Å². The van der Waals surface area contributed by atoms with Crippen LogP contribution in [0.5, 0.6) is 0 Å². The average molecular weight is 326 g/mol. The van der Waals surface area contributed by atoms with Crippen LogP contribution < -0.4 is 5.32 Å². The number of nitrogens with one attached hydrogen (secondary N) is 1. The molecule has 1 amide bonds. The molecule has 0 fully saturated rings. The molecule has 1 aromatic carbocycles. The number of esters is 1. The van der Waals surface area contributed by atoms with E-state index in [0.29, 0.717) is 4.90 Å². The minimum absolute atomic E-state index is 0.0358. The summed E-state index contributed by atoms with van der Waals surface area (Å²) in [4.78, 5) is 34.6. The van der Waals surface area contributed by atoms with E-state index in [9.17, 15) is 19.7 Å². The number of amides is 1. The van der Waals surface area contributed by atoms with Gasteiger partial charge in [-0.2, -0.15) is 0 Å². The molecule has 120 valence electrons. The van der Waals surface area contributed by atoms with Gasteiger partial charge in [0.15, 0.2) is 6.10 Å². The lowest BCUT2D eigenvalue weighted by Gasteiger charge is -2.15. The Bertz CT molecular complexity index is 589. The van der Waals surface area contributed by atoms with Crippen molar-refractivity contribution in [2.24, 2.45) is 0 Å². The van der Waals surface area contributed by atoms with Crippen LogP contribution in [-0.2, 0) is 9.53 Å². The van der Waals surface area contributed by atoms with E-state index in [4.69, 9.17) is 4.74 Å². The van der Waals surface area contributed by atoms with E-state index in [1.807, 2.05) is 0 Å². The molecule has 0 unspecified atom stereocenters. The van der Waals surface area contributed by atoms with Crippen LogP contribution in [0.1, 0.15) is 31.1 Å². The number of benzene rings is 1. The van der Waals surface area contributed by atoms with E-state index in [0.717, 1.165) is 6.07 Å². The van der Waals surface area contributed by atoms with Crippen LogP contribution in [0.15, 0.2) is 23.1 Å². The number of nitro benzene ring substituents is 1. The Kier molecular flexibility index (Phi) is 6.36. The van der Waals surface area contributed by atoms with Gasteiger partial charge in [0.2, 0.25) is 0 Å². The molecule has 0 radical (unpaired) electrons. The standard InChI is InChI=1S/C14H18N2O5S/c1-8(2)15-13(17)9(3)21-14(18)10-5-6-12(22-4)11(7-10)16(19)20/h5-9H,1-4H3,(H,15,17)/t9-/m1/s1. The van der Waals surface area contributed by atoms with E-state index >= 15 is 0 Å². The number of thioether (sulfide) groups is 1. The summed E-state index contributed by atoms with van der Waals surface area (Å²) in [5.74, 6) is -1.19. The van der Waals surface area contributed by atoms with Crippen LogP contribution >= 0.6 is 11.8 Å². The number of hydrogen-bond acceptors (Lipinski definition) is 6. The zero-order valence-electron chi connectivity index (χ0n) is 12.8. The molecular formula is C14H18N2O5S. The highest BCUT2D eigenvalue weighted by molar-refractivity contribution is 7.98. The molecule has 1 rings (SSSR count). The number of nitrogens with zero attached hydrogens (tertiary/aromatic N) is 1. The van der Waals surface area contributed by atoms with Crippen molar-refractivity contribution in [1.29, 1.82) is 0 Å². The highest BCUT2D eigenvalue weighted by Gasteiger charge is 2.22. The molecule has 1 atom stereocenters. The maximum absolute atomic E-state index is 12.0. The van der Waals surface area contributed by atoms with E-state index in [1.54, 1.807) is 20.1 Å². The molecule has 7 nitrogen and oxygen atoms in total. The lowest BCUT2D eigenvalue weighted by Crippen LogP contribution is -2.39. The maximum atomic E-state index is 12.0. The second-order valence-corrected chi connectivity index (χ2v) is 5.70. The predicted molar refractivity (Wildman–Crippen MR) is 83.0 cm³/mol. The number of rotatable bonds is 6. The molecule has 0 heterocycles. The van der Waals surface area contributed by atoms with Crippen LogP contribution in [0, 0.1) is 10.1 Å². The van der Waals surface area contributed by atoms with Crippen molar-refractivity contribution in [2.75, 3.05) is 6.26 Å². The fourth-order valence-corrected chi connectivity index (χ4v) is 2.19. The molecular weight excluding hydrogens is 308 g/mol. The zero-order valence-corrected chi connectivity index (χ0v) is 13.6. The number of carbonyl (C=O) groups excluding carboxylic acids is 2. The van der Waals surface area contributed by atoms with E-state index in [2.05, 4.69) is 5.32 Å². The van der Waals surface area contributed by atoms with Crippen LogP contribution in [0.3, 0.4) is 0 Å². The first-order valence-electron chi connectivity index (χ1n) is 6.60. The second kappa shape index (κ2) is 7.79. The third kappa shape index (κ3) is 4.73. The Morgan fingerprint density at radius 1 is 1.32 bits per heavy atom. The maximum Gasteiger partial charge on any atom is 0.339 e. The fraction of sp³-hybridized carbons (Fsp3) is 0.429. The van der Waals surface area contributed by atoms with Gasteiger partial charge in [-0.25, -0.2) is 4.79 Å². The number of carbonyl (C=O) groups is 2. The van der Waals surface area contributed by atoms with Crippen molar-refractivity contribution < 1.29 is 19.2 Å². The largest absolute Gasteiger partial charge is 0.449 e. The number of hydrogen-bond donors (Lipinski definition) is 1. The van der Waals surface area contributed by atoms with Crippen molar-refractivity contribution in [3.63, 3.8) is 0 Å². The highest BCUT2D eigenvalue weighted by atomic mass is 32.2. The normalized spacial score (nSPS) is 11.9. The molecule has 0 aromatic heterocycles. The molecule has 0 saturated carbocycles. The molecule has 0 aliphatic rings. The number of ether oxygens (including phenoxy) is 1. The van der Waals surface area contributed by atoms with Crippen molar-refractivity contribution in [3.05, 3.63) is 33.9 Å². The molecule has 0 aliphatic carbocycles. The lowest BCUT2D eigenvalue weighted by atomic mass is 10.2. The zero-order chi connectivity index (χ0) is 16.9. The first-order chi connectivity index (χ1) is 10.3. The van der Waals surface area contributed by atoms with Crippen LogP contribution in [0.2, 0.25) is 0 Å². The highest BCUT2D eigenvalue weighted by Crippen LogP contribution is 2.28. The minimum Gasteiger partial charge on any atom is -0.449 e. The predicted octanol–water partition coefficient (Wildman–Crippen LogP) is 2.39. The second-order valence-electron chi connectivity index (χ2n) is 4.85. The van der Waals surface area contributed by atoms with E-state index in [1.165, 1.54) is 30.8 Å². The summed E-state index contributed by atoms with van der Waals surface area (Å²) in [5, 5.41) is 13.6. The van der Waals surface area contributed by atoms with Gasteiger partial charge in [0.1, 0.15) is 0 Å². The van der Waals surface area contributed by atoms with Gasteiger partial charge in [0.05, 0.1) is 15.4 Å². The summed E-state index contributed by atoms with van der Waals surface area (Å²) in [5.41, 5.74) is -0.130. The van der Waals surface area contributed by atoms with Gasteiger partial charge in [0, 0.05) is 12.1 Å². The monoisotopic (exact) mass is 326 g/mol. The first-order valence-corrected chi connectivity index (χ1v) is 7.82. The summed E-state index contributed by atoms with van der Waals surface area (Å²) in [6.07, 6.45) is 0.729. The number of nitro groups is 1. The van der Waals surface area contributed by atoms with Gasteiger partial charge >= 0.3 is 5.97 Å². The Morgan fingerprint density at radius 3 is 2.45 bits per heavy atom. The lowest BCUT2D eigenvalue weighted by molar-refractivity contribution is -0.387. The minimum atomic E-state index is -0.978. The quantitative estimate of drug-likeness (QED) is 0.373. The Labute approximate surface area is 132 Å². The Morgan fingerprint density at radius 2 is 1.95 bits per heavy atom. The van der Waals surface area contributed by atoms with Gasteiger partial charge in [-0.15, -0.1) is 11.8 Å². The molecule has 22 heavy (non-hydrogen) atoms. The average Bonchev–Trinajstić information content (AvgIpc) is 2.45. The summed E-state index contributed by atoms with van der Waals surface area (Å²) in [7, 11) is 0. The topological polar surface area (TPSA) is 98.5 Å².